The predicted octanol–water partition coefficient (Wildman–Crippen LogP) is 4.27. The number of benzene rings is 2. The Morgan fingerprint density at radius 3 is 2.56 bits per heavy atom. The highest BCUT2D eigenvalue weighted by atomic mass is 32.2. The van der Waals surface area contributed by atoms with Gasteiger partial charge in [0.1, 0.15) is 5.82 Å². The Kier molecular flexibility index (Phi) is 6.46. The van der Waals surface area contributed by atoms with Crippen LogP contribution in [0.2, 0.25) is 0 Å². The van der Waals surface area contributed by atoms with Gasteiger partial charge in [-0.2, -0.15) is 5.26 Å². The van der Waals surface area contributed by atoms with E-state index in [0.717, 1.165) is 24.3 Å². The number of amides is 1. The molecule has 0 aliphatic carbocycles. The van der Waals surface area contributed by atoms with Crippen LogP contribution in [0.3, 0.4) is 0 Å². The summed E-state index contributed by atoms with van der Waals surface area (Å²) in [5, 5.41) is 8.97. The number of nitrogens with zero attached hydrogens (tertiary/aromatic N) is 2. The molecule has 0 saturated carbocycles. The molecular weight excluding hydrogens is 384 g/mol. The van der Waals surface area contributed by atoms with Gasteiger partial charge in [-0.05, 0) is 35.9 Å². The van der Waals surface area contributed by atoms with Crippen molar-refractivity contribution >= 4 is 22.8 Å². The van der Waals surface area contributed by atoms with E-state index in [1.807, 2.05) is 0 Å². The van der Waals surface area contributed by atoms with E-state index in [-0.39, 0.29) is 29.8 Å². The van der Waals surface area contributed by atoms with Crippen molar-refractivity contribution in [3.8, 4) is 6.07 Å². The first-order valence-corrected chi connectivity index (χ1v) is 8.89. The monoisotopic (exact) mass is 398 g/mol. The molecule has 1 unspecified atom stereocenters. The van der Waals surface area contributed by atoms with Crippen molar-refractivity contribution in [2.24, 2.45) is 0 Å². The summed E-state index contributed by atoms with van der Waals surface area (Å²) in [7, 11) is 0. The van der Waals surface area contributed by atoms with Gasteiger partial charge < -0.3 is 9.45 Å². The third kappa shape index (κ3) is 5.21. The number of nitriles is 1. The molecule has 2 aromatic rings. The third-order valence-electron chi connectivity index (χ3n) is 3.59. The number of halogens is 4. The molecule has 1 atom stereocenters. The summed E-state index contributed by atoms with van der Waals surface area (Å²) < 4.78 is 63.2. The molecule has 0 bridgehead atoms. The molecule has 9 heteroatoms. The summed E-state index contributed by atoms with van der Waals surface area (Å²) in [6.07, 6.45) is 0.0621. The largest absolute Gasteiger partial charge is 0.604 e. The minimum absolute atomic E-state index is 0.00540. The molecule has 0 aliphatic rings. The maximum Gasteiger partial charge on any atom is 0.578 e. The minimum Gasteiger partial charge on any atom is -0.604 e. The van der Waals surface area contributed by atoms with E-state index in [9.17, 15) is 26.9 Å². The van der Waals surface area contributed by atoms with Crippen molar-refractivity contribution < 1.29 is 26.9 Å². The molecule has 0 saturated heterocycles. The number of hydrogen-bond donors (Lipinski definition) is 0. The highest BCUT2D eigenvalue weighted by molar-refractivity contribution is 7.92. The second-order valence-electron chi connectivity index (χ2n) is 5.51. The Morgan fingerprint density at radius 2 is 1.96 bits per heavy atom. The van der Waals surface area contributed by atoms with Gasteiger partial charge in [-0.15, -0.1) is 13.2 Å². The van der Waals surface area contributed by atoms with Crippen molar-refractivity contribution in [3.63, 3.8) is 0 Å². The smallest absolute Gasteiger partial charge is 0.578 e. The number of rotatable bonds is 5. The van der Waals surface area contributed by atoms with E-state index < -0.39 is 33.3 Å². The number of carbonyl (C=O) groups excluding carboxylic acids is 1. The fraction of sp³-hybridized carbons (Fsp3) is 0.222. The first-order valence-electron chi connectivity index (χ1n) is 7.74. The summed E-state index contributed by atoms with van der Waals surface area (Å²) >= 11 is -3.20. The van der Waals surface area contributed by atoms with Gasteiger partial charge in [-0.3, -0.25) is 4.79 Å². The van der Waals surface area contributed by atoms with E-state index in [2.05, 4.69) is 0 Å². The summed E-state index contributed by atoms with van der Waals surface area (Å²) in [5.41, 5.74) is -4.50. The fourth-order valence-corrected chi connectivity index (χ4v) is 3.11. The topological polar surface area (TPSA) is 67.2 Å². The molecule has 0 spiro atoms. The zero-order valence-electron chi connectivity index (χ0n) is 14.1. The Hall–Kier alpha value is -2.57. The van der Waals surface area contributed by atoms with Crippen molar-refractivity contribution in [1.82, 2.24) is 0 Å². The summed E-state index contributed by atoms with van der Waals surface area (Å²) in [6, 6.07) is 10.1. The van der Waals surface area contributed by atoms with Crippen LogP contribution in [0.4, 0.5) is 23.2 Å². The third-order valence-corrected chi connectivity index (χ3v) is 4.69. The molecule has 4 nitrogen and oxygen atoms in total. The Labute approximate surface area is 156 Å². The van der Waals surface area contributed by atoms with E-state index in [0.29, 0.717) is 0 Å². The van der Waals surface area contributed by atoms with Crippen LogP contribution in [-0.2, 0) is 22.5 Å². The van der Waals surface area contributed by atoms with Gasteiger partial charge in [-0.25, -0.2) is 4.39 Å². The zero-order chi connectivity index (χ0) is 20.2. The highest BCUT2D eigenvalue weighted by Crippen LogP contribution is 2.31. The van der Waals surface area contributed by atoms with Crippen LogP contribution in [0.25, 0.3) is 0 Å². The molecular formula is C18H14F4N2O2S. The first-order chi connectivity index (χ1) is 12.7. The Balaban J connectivity index is 2.40. The lowest BCUT2D eigenvalue weighted by molar-refractivity contribution is -0.118. The molecule has 0 aromatic heterocycles. The molecule has 0 radical (unpaired) electrons. The summed E-state index contributed by atoms with van der Waals surface area (Å²) in [4.78, 5) is 13.0. The second kappa shape index (κ2) is 8.41. The molecule has 0 N–H and O–H groups in total. The minimum atomic E-state index is -4.90. The van der Waals surface area contributed by atoms with Gasteiger partial charge in [0.05, 0.1) is 29.4 Å². The second-order valence-corrected chi connectivity index (χ2v) is 6.98. The molecule has 2 aromatic carbocycles. The lowest BCUT2D eigenvalue weighted by Gasteiger charge is -2.23. The molecule has 142 valence electrons. The zero-order valence-corrected chi connectivity index (χ0v) is 14.9. The molecule has 27 heavy (non-hydrogen) atoms. The van der Waals surface area contributed by atoms with Crippen LogP contribution in [0.5, 0.6) is 0 Å². The van der Waals surface area contributed by atoms with Gasteiger partial charge in [-0.1, -0.05) is 19.1 Å². The number of hydrogen-bond acceptors (Lipinski definition) is 3. The maximum atomic E-state index is 13.7. The van der Waals surface area contributed by atoms with E-state index in [1.165, 1.54) is 23.1 Å². The molecule has 1 amide bonds. The van der Waals surface area contributed by atoms with Gasteiger partial charge in [0.25, 0.3) is 0 Å². The number of alkyl halides is 3. The highest BCUT2D eigenvalue weighted by Gasteiger charge is 2.46. The van der Waals surface area contributed by atoms with Gasteiger partial charge in [0.15, 0.2) is 4.90 Å². The van der Waals surface area contributed by atoms with Gasteiger partial charge in [0.2, 0.25) is 5.91 Å². The van der Waals surface area contributed by atoms with Crippen molar-refractivity contribution in [2.45, 2.75) is 30.3 Å². The van der Waals surface area contributed by atoms with E-state index in [1.54, 1.807) is 13.0 Å². The van der Waals surface area contributed by atoms with Crippen LogP contribution >= 0.6 is 0 Å². The SMILES string of the molecule is CCC(=O)N(Cc1cccc([S+]([O-])C(F)(F)F)c1)c1cc(F)cc(C#N)c1. The van der Waals surface area contributed by atoms with Crippen LogP contribution < -0.4 is 4.90 Å². The van der Waals surface area contributed by atoms with E-state index in [4.69, 9.17) is 5.26 Å². The number of anilines is 1. The molecule has 0 aliphatic heterocycles. The predicted molar refractivity (Wildman–Crippen MR) is 91.5 cm³/mol. The van der Waals surface area contributed by atoms with Crippen molar-refractivity contribution in [3.05, 3.63) is 59.4 Å². The first kappa shape index (κ1) is 20.7. The average molecular weight is 398 g/mol. The molecule has 0 fully saturated rings. The Bertz CT molecular complexity index is 880. The quantitative estimate of drug-likeness (QED) is 0.558. The standard InChI is InChI=1S/C18H14F4N2O2S/c1-2-17(25)24(15-7-13(10-23)6-14(19)9-15)11-12-4-3-5-16(8-12)27(26)18(20,21)22/h3-9H,2,11H2,1H3. The Morgan fingerprint density at radius 1 is 1.26 bits per heavy atom. The van der Waals surface area contributed by atoms with Crippen molar-refractivity contribution in [2.75, 3.05) is 4.90 Å². The lowest BCUT2D eigenvalue weighted by Crippen LogP contribution is -2.30. The normalized spacial score (nSPS) is 12.3. The van der Waals surface area contributed by atoms with E-state index >= 15 is 0 Å². The van der Waals surface area contributed by atoms with Gasteiger partial charge >= 0.3 is 5.51 Å². The van der Waals surface area contributed by atoms with Crippen LogP contribution in [0, 0.1) is 17.1 Å². The van der Waals surface area contributed by atoms with Crippen LogP contribution in [0.15, 0.2) is 47.4 Å². The van der Waals surface area contributed by atoms with Crippen molar-refractivity contribution in [1.29, 1.82) is 5.26 Å². The van der Waals surface area contributed by atoms with Crippen LogP contribution in [-0.4, -0.2) is 16.0 Å². The number of carbonyl (C=O) groups is 1. The summed E-state index contributed by atoms with van der Waals surface area (Å²) in [5.74, 6) is -1.13. The average Bonchev–Trinajstić information content (AvgIpc) is 2.63. The molecule has 2 rings (SSSR count). The van der Waals surface area contributed by atoms with Gasteiger partial charge in [0, 0.05) is 12.1 Å². The summed E-state index contributed by atoms with van der Waals surface area (Å²) in [6.45, 7) is 1.42. The lowest BCUT2D eigenvalue weighted by atomic mass is 10.1. The fourth-order valence-electron chi connectivity index (χ4n) is 2.38. The van der Waals surface area contributed by atoms with Crippen LogP contribution in [0.1, 0.15) is 24.5 Å². The maximum absolute atomic E-state index is 13.7. The molecule has 0 heterocycles.